The molecule has 31 heavy (non-hydrogen) atoms. The summed E-state index contributed by atoms with van der Waals surface area (Å²) in [4.78, 5) is 21.6. The molecule has 0 saturated carbocycles. The first-order valence-corrected chi connectivity index (χ1v) is 10.8. The van der Waals surface area contributed by atoms with E-state index in [-0.39, 0.29) is 11.3 Å². The molecule has 0 unspecified atom stereocenters. The second-order valence-corrected chi connectivity index (χ2v) is 9.22. The van der Waals surface area contributed by atoms with E-state index in [9.17, 15) is 4.79 Å². The van der Waals surface area contributed by atoms with Gasteiger partial charge in [0.1, 0.15) is 0 Å². The SMILES string of the molecule is Cc1ccccc1-c1noc(CN2CCN(C(=O)c3ccc(C(C)(C)C)cc3)CC2)n1. The summed E-state index contributed by atoms with van der Waals surface area (Å²) in [5.74, 6) is 1.33. The van der Waals surface area contributed by atoms with E-state index < -0.39 is 0 Å². The molecule has 2 aromatic carbocycles. The highest BCUT2D eigenvalue weighted by atomic mass is 16.5. The molecule has 6 heteroatoms. The van der Waals surface area contributed by atoms with Crippen LogP contribution in [0, 0.1) is 6.92 Å². The van der Waals surface area contributed by atoms with E-state index >= 15 is 0 Å². The maximum Gasteiger partial charge on any atom is 0.253 e. The van der Waals surface area contributed by atoms with Crippen LogP contribution in [0.3, 0.4) is 0 Å². The van der Waals surface area contributed by atoms with E-state index in [4.69, 9.17) is 4.52 Å². The molecule has 2 heterocycles. The van der Waals surface area contributed by atoms with Crippen LogP contribution in [-0.2, 0) is 12.0 Å². The Bertz CT molecular complexity index is 1040. The molecule has 0 spiro atoms. The Morgan fingerprint density at radius 2 is 1.68 bits per heavy atom. The van der Waals surface area contributed by atoms with E-state index in [2.05, 4.69) is 47.9 Å². The third-order valence-corrected chi connectivity index (χ3v) is 5.87. The van der Waals surface area contributed by atoms with Crippen molar-refractivity contribution in [2.75, 3.05) is 26.2 Å². The predicted molar refractivity (Wildman–Crippen MR) is 121 cm³/mol. The predicted octanol–water partition coefficient (Wildman–Crippen LogP) is 4.30. The lowest BCUT2D eigenvalue weighted by Gasteiger charge is -2.34. The molecule has 1 saturated heterocycles. The first-order valence-electron chi connectivity index (χ1n) is 10.8. The summed E-state index contributed by atoms with van der Waals surface area (Å²) in [7, 11) is 0. The summed E-state index contributed by atoms with van der Waals surface area (Å²) < 4.78 is 5.48. The second-order valence-electron chi connectivity index (χ2n) is 9.22. The number of aryl methyl sites for hydroxylation is 1. The maximum atomic E-state index is 12.9. The van der Waals surface area contributed by atoms with Gasteiger partial charge in [0.25, 0.3) is 5.91 Å². The number of aromatic nitrogens is 2. The van der Waals surface area contributed by atoms with Crippen molar-refractivity contribution in [3.8, 4) is 11.4 Å². The molecular weight excluding hydrogens is 388 g/mol. The van der Waals surface area contributed by atoms with Gasteiger partial charge in [-0.25, -0.2) is 0 Å². The zero-order valence-corrected chi connectivity index (χ0v) is 18.8. The molecule has 162 valence electrons. The Kier molecular flexibility index (Phi) is 5.92. The van der Waals surface area contributed by atoms with Gasteiger partial charge in [0.15, 0.2) is 0 Å². The fourth-order valence-electron chi connectivity index (χ4n) is 3.85. The van der Waals surface area contributed by atoms with Crippen molar-refractivity contribution in [2.24, 2.45) is 0 Å². The summed E-state index contributed by atoms with van der Waals surface area (Å²) in [6.07, 6.45) is 0. The molecule has 0 N–H and O–H groups in total. The van der Waals surface area contributed by atoms with Crippen LogP contribution in [0.2, 0.25) is 0 Å². The third kappa shape index (κ3) is 4.85. The molecular formula is C25H30N4O2. The standard InChI is InChI=1S/C25H30N4O2/c1-18-7-5-6-8-21(18)23-26-22(31-27-23)17-28-13-15-29(16-14-28)24(30)19-9-11-20(12-10-19)25(2,3)4/h5-12H,13-17H2,1-4H3. The van der Waals surface area contributed by atoms with Crippen LogP contribution in [0.15, 0.2) is 53.1 Å². The van der Waals surface area contributed by atoms with Gasteiger partial charge in [-0.05, 0) is 35.6 Å². The van der Waals surface area contributed by atoms with Crippen molar-refractivity contribution in [1.82, 2.24) is 19.9 Å². The Labute approximate surface area is 183 Å². The van der Waals surface area contributed by atoms with Gasteiger partial charge < -0.3 is 9.42 Å². The largest absolute Gasteiger partial charge is 0.338 e. The molecule has 6 nitrogen and oxygen atoms in total. The minimum absolute atomic E-state index is 0.0843. The number of piperazine rings is 1. The first-order chi connectivity index (χ1) is 14.8. The van der Waals surface area contributed by atoms with Crippen LogP contribution in [0.1, 0.15) is 48.1 Å². The van der Waals surface area contributed by atoms with Gasteiger partial charge in [0, 0.05) is 37.3 Å². The van der Waals surface area contributed by atoms with Crippen LogP contribution in [-0.4, -0.2) is 52.0 Å². The highest BCUT2D eigenvalue weighted by molar-refractivity contribution is 5.94. The van der Waals surface area contributed by atoms with E-state index in [1.165, 1.54) is 5.56 Å². The number of rotatable bonds is 4. The highest BCUT2D eigenvalue weighted by Crippen LogP contribution is 2.23. The van der Waals surface area contributed by atoms with E-state index in [0.717, 1.165) is 29.8 Å². The molecule has 4 rings (SSSR count). The summed E-state index contributed by atoms with van der Waals surface area (Å²) in [5.41, 5.74) is 4.18. The third-order valence-electron chi connectivity index (χ3n) is 5.87. The highest BCUT2D eigenvalue weighted by Gasteiger charge is 2.24. The molecule has 3 aromatic rings. The van der Waals surface area contributed by atoms with Crippen molar-refractivity contribution in [3.63, 3.8) is 0 Å². The monoisotopic (exact) mass is 418 g/mol. The molecule has 1 amide bonds. The molecule has 0 bridgehead atoms. The van der Waals surface area contributed by atoms with Crippen molar-refractivity contribution in [1.29, 1.82) is 0 Å². The number of amides is 1. The van der Waals surface area contributed by atoms with E-state index in [1.807, 2.05) is 48.2 Å². The smallest absolute Gasteiger partial charge is 0.253 e. The Morgan fingerprint density at radius 1 is 1.00 bits per heavy atom. The average molecular weight is 419 g/mol. The Hall–Kier alpha value is -2.99. The number of benzene rings is 2. The summed E-state index contributed by atoms with van der Waals surface area (Å²) in [6.45, 7) is 12.1. The van der Waals surface area contributed by atoms with Crippen molar-refractivity contribution >= 4 is 5.91 Å². The number of carbonyl (C=O) groups excluding carboxylic acids is 1. The van der Waals surface area contributed by atoms with Crippen LogP contribution in [0.4, 0.5) is 0 Å². The number of hydrogen-bond acceptors (Lipinski definition) is 5. The molecule has 1 aromatic heterocycles. The van der Waals surface area contributed by atoms with Crippen LogP contribution < -0.4 is 0 Å². The van der Waals surface area contributed by atoms with Gasteiger partial charge in [-0.3, -0.25) is 9.69 Å². The molecule has 0 radical (unpaired) electrons. The fraction of sp³-hybridized carbons (Fsp3) is 0.400. The normalized spacial score (nSPS) is 15.3. The zero-order valence-electron chi connectivity index (χ0n) is 18.8. The van der Waals surface area contributed by atoms with Gasteiger partial charge in [0.05, 0.1) is 6.54 Å². The van der Waals surface area contributed by atoms with Crippen LogP contribution in [0.5, 0.6) is 0 Å². The van der Waals surface area contributed by atoms with Crippen molar-refractivity contribution in [2.45, 2.75) is 39.7 Å². The van der Waals surface area contributed by atoms with Gasteiger partial charge in [-0.2, -0.15) is 4.98 Å². The van der Waals surface area contributed by atoms with E-state index in [1.54, 1.807) is 0 Å². The lowest BCUT2D eigenvalue weighted by molar-refractivity contribution is 0.0615. The molecule has 0 aliphatic carbocycles. The minimum Gasteiger partial charge on any atom is -0.338 e. The average Bonchev–Trinajstić information content (AvgIpc) is 3.22. The number of carbonyl (C=O) groups is 1. The lowest BCUT2D eigenvalue weighted by atomic mass is 9.86. The summed E-state index contributed by atoms with van der Waals surface area (Å²) in [6, 6.07) is 16.0. The quantitative estimate of drug-likeness (QED) is 0.632. The Morgan fingerprint density at radius 3 is 2.32 bits per heavy atom. The van der Waals surface area contributed by atoms with Crippen LogP contribution >= 0.6 is 0 Å². The molecule has 1 aliphatic rings. The van der Waals surface area contributed by atoms with E-state index in [0.29, 0.717) is 31.3 Å². The first kappa shape index (κ1) is 21.2. The van der Waals surface area contributed by atoms with Crippen molar-refractivity contribution in [3.05, 3.63) is 71.1 Å². The summed E-state index contributed by atoms with van der Waals surface area (Å²) in [5, 5.41) is 4.14. The van der Waals surface area contributed by atoms with Gasteiger partial charge in [-0.1, -0.05) is 62.3 Å². The Balaban J connectivity index is 1.33. The fourth-order valence-corrected chi connectivity index (χ4v) is 3.85. The topological polar surface area (TPSA) is 62.5 Å². The zero-order chi connectivity index (χ0) is 22.0. The lowest BCUT2D eigenvalue weighted by Crippen LogP contribution is -2.48. The minimum atomic E-state index is 0.0843. The maximum absolute atomic E-state index is 12.9. The summed E-state index contributed by atoms with van der Waals surface area (Å²) >= 11 is 0. The number of nitrogens with zero attached hydrogens (tertiary/aromatic N) is 4. The van der Waals surface area contributed by atoms with Gasteiger partial charge in [0.2, 0.25) is 11.7 Å². The number of hydrogen-bond donors (Lipinski definition) is 0. The van der Waals surface area contributed by atoms with Gasteiger partial charge >= 0.3 is 0 Å². The second kappa shape index (κ2) is 8.63. The molecule has 0 atom stereocenters. The molecule has 1 aliphatic heterocycles. The van der Waals surface area contributed by atoms with Crippen molar-refractivity contribution < 1.29 is 9.32 Å². The van der Waals surface area contributed by atoms with Crippen LogP contribution in [0.25, 0.3) is 11.4 Å². The molecule has 1 fully saturated rings. The van der Waals surface area contributed by atoms with Gasteiger partial charge in [-0.15, -0.1) is 0 Å².